The molecule has 0 radical (unpaired) electrons. The zero-order chi connectivity index (χ0) is 16.4. The topological polar surface area (TPSA) is 65.5 Å². The predicted molar refractivity (Wildman–Crippen MR) is 88.9 cm³/mol. The second-order valence-corrected chi connectivity index (χ2v) is 5.40. The van der Waals surface area contributed by atoms with E-state index in [1.165, 1.54) is 5.56 Å². The average Bonchev–Trinajstić information content (AvgIpc) is 3.29. The lowest BCUT2D eigenvalue weighted by Crippen LogP contribution is -1.97. The number of methoxy groups -OCH3 is 1. The van der Waals surface area contributed by atoms with Crippen LogP contribution < -0.4 is 4.74 Å². The molecule has 120 valence electrons. The van der Waals surface area contributed by atoms with E-state index in [1.807, 2.05) is 30.3 Å². The summed E-state index contributed by atoms with van der Waals surface area (Å²) in [5, 5.41) is 4.58. The van der Waals surface area contributed by atoms with E-state index in [2.05, 4.69) is 27.2 Å². The molecule has 0 unspecified atom stereocenters. The molecule has 0 fully saturated rings. The number of nitrogens with zero attached hydrogens (tertiary/aromatic N) is 4. The zero-order valence-electron chi connectivity index (χ0n) is 13.2. The lowest BCUT2D eigenvalue weighted by Gasteiger charge is -2.01. The van der Waals surface area contributed by atoms with Gasteiger partial charge < -0.3 is 9.15 Å². The van der Waals surface area contributed by atoms with Crippen LogP contribution >= 0.6 is 0 Å². The van der Waals surface area contributed by atoms with Crippen LogP contribution in [-0.4, -0.2) is 26.7 Å². The van der Waals surface area contributed by atoms with Crippen molar-refractivity contribution in [3.05, 3.63) is 66.3 Å². The fourth-order valence-corrected chi connectivity index (χ4v) is 2.60. The van der Waals surface area contributed by atoms with Crippen LogP contribution in [0.5, 0.6) is 5.75 Å². The highest BCUT2D eigenvalue weighted by atomic mass is 16.5. The van der Waals surface area contributed by atoms with Crippen molar-refractivity contribution in [3.63, 3.8) is 0 Å². The van der Waals surface area contributed by atoms with Crippen LogP contribution in [0, 0.1) is 0 Å². The van der Waals surface area contributed by atoms with Gasteiger partial charge in [0.1, 0.15) is 11.4 Å². The van der Waals surface area contributed by atoms with Crippen LogP contribution in [0.15, 0.2) is 59.3 Å². The number of ether oxygens (including phenoxy) is 1. The molecule has 0 saturated heterocycles. The molecule has 3 aromatic heterocycles. The molecule has 0 bridgehead atoms. The summed E-state index contributed by atoms with van der Waals surface area (Å²) in [6.45, 7) is 0. The summed E-state index contributed by atoms with van der Waals surface area (Å²) in [5.41, 5.74) is 2.06. The summed E-state index contributed by atoms with van der Waals surface area (Å²) in [6, 6.07) is 13.7. The van der Waals surface area contributed by atoms with Crippen molar-refractivity contribution in [2.24, 2.45) is 0 Å². The van der Waals surface area contributed by atoms with Gasteiger partial charge in [-0.3, -0.25) is 0 Å². The molecule has 0 spiro atoms. The van der Waals surface area contributed by atoms with Crippen molar-refractivity contribution in [1.29, 1.82) is 0 Å². The summed E-state index contributed by atoms with van der Waals surface area (Å²) >= 11 is 0. The van der Waals surface area contributed by atoms with Gasteiger partial charge in [-0.1, -0.05) is 12.1 Å². The van der Waals surface area contributed by atoms with E-state index in [1.54, 1.807) is 24.1 Å². The molecule has 4 aromatic rings. The van der Waals surface area contributed by atoms with Crippen LogP contribution in [0.2, 0.25) is 0 Å². The Morgan fingerprint density at radius 1 is 1.08 bits per heavy atom. The Labute approximate surface area is 138 Å². The van der Waals surface area contributed by atoms with Crippen LogP contribution in [0.1, 0.15) is 11.4 Å². The third kappa shape index (κ3) is 2.74. The minimum atomic E-state index is 0.577. The standard InChI is InChI=1S/C18H16N4O2/c1-23-14-7-4-13(5-8-14)6-9-17-20-18-19-11-10-15(22(18)21-17)16-3-2-12-24-16/h2-5,7-8,10-12H,6,9H2,1H3. The van der Waals surface area contributed by atoms with E-state index < -0.39 is 0 Å². The average molecular weight is 320 g/mol. The van der Waals surface area contributed by atoms with Crippen molar-refractivity contribution in [2.45, 2.75) is 12.8 Å². The van der Waals surface area contributed by atoms with Crippen molar-refractivity contribution >= 4 is 5.78 Å². The van der Waals surface area contributed by atoms with Crippen LogP contribution in [0.25, 0.3) is 17.2 Å². The summed E-state index contributed by atoms with van der Waals surface area (Å²) in [7, 11) is 1.67. The maximum Gasteiger partial charge on any atom is 0.253 e. The molecule has 0 atom stereocenters. The Morgan fingerprint density at radius 3 is 2.71 bits per heavy atom. The van der Waals surface area contributed by atoms with E-state index in [0.717, 1.165) is 35.9 Å². The van der Waals surface area contributed by atoms with Gasteiger partial charge in [-0.2, -0.15) is 9.50 Å². The first-order chi connectivity index (χ1) is 11.8. The molecule has 0 aliphatic rings. The number of hydrogen-bond acceptors (Lipinski definition) is 5. The van der Waals surface area contributed by atoms with Gasteiger partial charge in [0.2, 0.25) is 0 Å². The Kier molecular flexibility index (Phi) is 3.70. The third-order valence-electron chi connectivity index (χ3n) is 3.85. The number of benzene rings is 1. The lowest BCUT2D eigenvalue weighted by atomic mass is 10.1. The quantitative estimate of drug-likeness (QED) is 0.565. The van der Waals surface area contributed by atoms with Gasteiger partial charge in [0.25, 0.3) is 5.78 Å². The summed E-state index contributed by atoms with van der Waals surface area (Å²) in [6.07, 6.45) is 4.96. The van der Waals surface area contributed by atoms with Crippen LogP contribution in [-0.2, 0) is 12.8 Å². The van der Waals surface area contributed by atoms with Gasteiger partial charge in [0, 0.05) is 12.6 Å². The summed E-state index contributed by atoms with van der Waals surface area (Å²) in [5.74, 6) is 2.94. The SMILES string of the molecule is COc1ccc(CCc2nc3nccc(-c4ccco4)n3n2)cc1. The Bertz CT molecular complexity index is 943. The van der Waals surface area contributed by atoms with Crippen molar-refractivity contribution < 1.29 is 9.15 Å². The molecule has 1 aromatic carbocycles. The molecular weight excluding hydrogens is 304 g/mol. The number of aromatic nitrogens is 4. The number of hydrogen-bond donors (Lipinski definition) is 0. The number of rotatable bonds is 5. The second kappa shape index (κ2) is 6.16. The maximum atomic E-state index is 5.46. The molecule has 6 heteroatoms. The van der Waals surface area contributed by atoms with Crippen molar-refractivity contribution in [1.82, 2.24) is 19.6 Å². The molecule has 0 saturated carbocycles. The molecule has 0 aliphatic carbocycles. The second-order valence-electron chi connectivity index (χ2n) is 5.40. The number of furan rings is 1. The fraction of sp³-hybridized carbons (Fsp3) is 0.167. The monoisotopic (exact) mass is 320 g/mol. The number of aryl methyl sites for hydroxylation is 2. The molecule has 0 amide bonds. The van der Waals surface area contributed by atoms with E-state index in [0.29, 0.717) is 5.78 Å². The van der Waals surface area contributed by atoms with E-state index >= 15 is 0 Å². The van der Waals surface area contributed by atoms with E-state index in [4.69, 9.17) is 9.15 Å². The lowest BCUT2D eigenvalue weighted by molar-refractivity contribution is 0.414. The van der Waals surface area contributed by atoms with Gasteiger partial charge in [0.15, 0.2) is 11.6 Å². The fourth-order valence-electron chi connectivity index (χ4n) is 2.60. The Balaban J connectivity index is 1.57. The van der Waals surface area contributed by atoms with Gasteiger partial charge in [-0.05, 0) is 42.3 Å². The molecular formula is C18H16N4O2. The smallest absolute Gasteiger partial charge is 0.253 e. The van der Waals surface area contributed by atoms with Gasteiger partial charge in [-0.25, -0.2) is 4.98 Å². The van der Waals surface area contributed by atoms with Crippen molar-refractivity contribution in [3.8, 4) is 17.2 Å². The first-order valence-corrected chi connectivity index (χ1v) is 7.71. The zero-order valence-corrected chi connectivity index (χ0v) is 13.2. The number of fused-ring (bicyclic) bond motifs is 1. The van der Waals surface area contributed by atoms with Gasteiger partial charge >= 0.3 is 0 Å². The predicted octanol–water partition coefficient (Wildman–Crippen LogP) is 3.18. The van der Waals surface area contributed by atoms with Gasteiger partial charge in [0.05, 0.1) is 13.4 Å². The first kappa shape index (κ1) is 14.4. The maximum absolute atomic E-state index is 5.46. The van der Waals surface area contributed by atoms with Crippen molar-refractivity contribution in [2.75, 3.05) is 7.11 Å². The third-order valence-corrected chi connectivity index (χ3v) is 3.85. The summed E-state index contributed by atoms with van der Waals surface area (Å²) < 4.78 is 12.4. The molecule has 4 rings (SSSR count). The highest BCUT2D eigenvalue weighted by molar-refractivity contribution is 5.54. The highest BCUT2D eigenvalue weighted by Crippen LogP contribution is 2.19. The molecule has 0 aliphatic heterocycles. The molecule has 0 N–H and O–H groups in total. The first-order valence-electron chi connectivity index (χ1n) is 7.71. The molecule has 3 heterocycles. The highest BCUT2D eigenvalue weighted by Gasteiger charge is 2.11. The minimum Gasteiger partial charge on any atom is -0.497 e. The Morgan fingerprint density at radius 2 is 1.96 bits per heavy atom. The van der Waals surface area contributed by atoms with E-state index in [9.17, 15) is 0 Å². The van der Waals surface area contributed by atoms with Crippen LogP contribution in [0.4, 0.5) is 0 Å². The normalized spacial score (nSPS) is 11.0. The van der Waals surface area contributed by atoms with Crippen LogP contribution in [0.3, 0.4) is 0 Å². The largest absolute Gasteiger partial charge is 0.497 e. The Hall–Kier alpha value is -3.15. The summed E-state index contributed by atoms with van der Waals surface area (Å²) in [4.78, 5) is 8.79. The minimum absolute atomic E-state index is 0.577. The molecule has 6 nitrogen and oxygen atoms in total. The van der Waals surface area contributed by atoms with E-state index in [-0.39, 0.29) is 0 Å². The van der Waals surface area contributed by atoms with Gasteiger partial charge in [-0.15, -0.1) is 5.10 Å². The molecule has 24 heavy (non-hydrogen) atoms.